The molecule has 0 saturated carbocycles. The van der Waals surface area contributed by atoms with Gasteiger partial charge >= 0.3 is 5.97 Å². The van der Waals surface area contributed by atoms with Crippen molar-refractivity contribution in [2.45, 2.75) is 19.9 Å². The molecular weight excluding hydrogens is 377 g/mol. The highest BCUT2D eigenvalue weighted by Crippen LogP contribution is 2.16. The molecular formula is C21H24FN3O2S. The smallest absolute Gasteiger partial charge is 0.338 e. The van der Waals surface area contributed by atoms with Crippen LogP contribution in [-0.2, 0) is 11.3 Å². The number of halogens is 1. The molecule has 2 aromatic rings. The molecule has 148 valence electrons. The number of benzene rings is 2. The van der Waals surface area contributed by atoms with Crippen LogP contribution in [0.15, 0.2) is 48.5 Å². The molecule has 0 aliphatic carbocycles. The number of carbonyl (C=O) groups is 1. The second kappa shape index (κ2) is 9.61. The number of thiocarbonyl (C=S) groups is 1. The Hall–Kier alpha value is -2.51. The van der Waals surface area contributed by atoms with Crippen molar-refractivity contribution in [3.05, 3.63) is 65.5 Å². The van der Waals surface area contributed by atoms with E-state index in [9.17, 15) is 9.18 Å². The molecule has 7 heteroatoms. The van der Waals surface area contributed by atoms with Gasteiger partial charge in [-0.15, -0.1) is 0 Å². The van der Waals surface area contributed by atoms with Crippen LogP contribution in [0.3, 0.4) is 0 Å². The van der Waals surface area contributed by atoms with Gasteiger partial charge in [0.25, 0.3) is 0 Å². The normalized spacial score (nSPS) is 14.6. The SMILES string of the molecule is CCOC(=O)c1ccc(NC(=S)N2CCCN(Cc3ccccc3F)C2)cc1. The number of anilines is 1. The van der Waals surface area contributed by atoms with Gasteiger partial charge in [0.1, 0.15) is 5.82 Å². The Balaban J connectivity index is 1.56. The zero-order chi connectivity index (χ0) is 19.9. The molecule has 1 aliphatic heterocycles. The number of hydrogen-bond acceptors (Lipinski definition) is 4. The number of esters is 1. The third-order valence-corrected chi connectivity index (χ3v) is 4.92. The Bertz CT molecular complexity index is 829. The van der Waals surface area contributed by atoms with Crippen molar-refractivity contribution >= 4 is 29.0 Å². The fourth-order valence-corrected chi connectivity index (χ4v) is 3.40. The van der Waals surface area contributed by atoms with Crippen LogP contribution in [0.2, 0.25) is 0 Å². The maximum absolute atomic E-state index is 13.9. The molecule has 0 radical (unpaired) electrons. The average Bonchev–Trinajstić information content (AvgIpc) is 2.71. The molecule has 0 atom stereocenters. The largest absolute Gasteiger partial charge is 0.462 e. The molecule has 2 aromatic carbocycles. The second-order valence-electron chi connectivity index (χ2n) is 6.63. The van der Waals surface area contributed by atoms with Gasteiger partial charge in [0.15, 0.2) is 5.11 Å². The number of nitrogens with one attached hydrogen (secondary N) is 1. The summed E-state index contributed by atoms with van der Waals surface area (Å²) in [7, 11) is 0. The summed E-state index contributed by atoms with van der Waals surface area (Å²) in [4.78, 5) is 16.0. The zero-order valence-corrected chi connectivity index (χ0v) is 16.7. The Labute approximate surface area is 170 Å². The zero-order valence-electron chi connectivity index (χ0n) is 15.9. The predicted molar refractivity (Wildman–Crippen MR) is 112 cm³/mol. The second-order valence-corrected chi connectivity index (χ2v) is 7.02. The lowest BCUT2D eigenvalue weighted by Crippen LogP contribution is -2.48. The molecule has 1 saturated heterocycles. The van der Waals surface area contributed by atoms with E-state index in [1.807, 2.05) is 12.1 Å². The third kappa shape index (κ3) is 5.27. The molecule has 1 N–H and O–H groups in total. The van der Waals surface area contributed by atoms with E-state index in [-0.39, 0.29) is 11.8 Å². The van der Waals surface area contributed by atoms with Gasteiger partial charge in [0.05, 0.1) is 18.8 Å². The molecule has 0 spiro atoms. The van der Waals surface area contributed by atoms with E-state index in [1.165, 1.54) is 6.07 Å². The van der Waals surface area contributed by atoms with Gasteiger partial charge in [0, 0.05) is 30.9 Å². The van der Waals surface area contributed by atoms with Crippen LogP contribution < -0.4 is 5.32 Å². The van der Waals surface area contributed by atoms with E-state index in [0.717, 1.165) is 25.2 Å². The first kappa shape index (κ1) is 20.2. The van der Waals surface area contributed by atoms with Crippen molar-refractivity contribution in [1.82, 2.24) is 9.80 Å². The van der Waals surface area contributed by atoms with E-state index in [2.05, 4.69) is 15.1 Å². The Morgan fingerprint density at radius 1 is 1.18 bits per heavy atom. The lowest BCUT2D eigenvalue weighted by atomic mass is 10.2. The summed E-state index contributed by atoms with van der Waals surface area (Å²) in [6.45, 7) is 5.07. The minimum atomic E-state index is -0.337. The first-order valence-corrected chi connectivity index (χ1v) is 9.76. The summed E-state index contributed by atoms with van der Waals surface area (Å²) in [6.07, 6.45) is 0.956. The Kier molecular flexibility index (Phi) is 6.95. The van der Waals surface area contributed by atoms with Crippen LogP contribution in [0.5, 0.6) is 0 Å². The molecule has 0 unspecified atom stereocenters. The molecule has 3 rings (SSSR count). The van der Waals surface area contributed by atoms with Crippen LogP contribution in [-0.4, -0.2) is 47.2 Å². The molecule has 5 nitrogen and oxygen atoms in total. The summed E-state index contributed by atoms with van der Waals surface area (Å²) >= 11 is 5.55. The number of nitrogens with zero attached hydrogens (tertiary/aromatic N) is 2. The summed E-state index contributed by atoms with van der Waals surface area (Å²) < 4.78 is 18.9. The molecule has 1 heterocycles. The van der Waals surface area contributed by atoms with E-state index >= 15 is 0 Å². The fraction of sp³-hybridized carbons (Fsp3) is 0.333. The van der Waals surface area contributed by atoms with Crippen LogP contribution in [0.1, 0.15) is 29.3 Å². The molecule has 1 aliphatic rings. The van der Waals surface area contributed by atoms with Gasteiger partial charge < -0.3 is 15.0 Å². The van der Waals surface area contributed by atoms with Crippen LogP contribution in [0, 0.1) is 5.82 Å². The van der Waals surface area contributed by atoms with Gasteiger partial charge in [-0.05, 0) is 55.9 Å². The van der Waals surface area contributed by atoms with Gasteiger partial charge in [-0.3, -0.25) is 4.90 Å². The minimum Gasteiger partial charge on any atom is -0.462 e. The summed E-state index contributed by atoms with van der Waals surface area (Å²) in [5.41, 5.74) is 2.01. The maximum atomic E-state index is 13.9. The summed E-state index contributed by atoms with van der Waals surface area (Å²) in [5, 5.41) is 3.82. The van der Waals surface area contributed by atoms with Gasteiger partial charge in [0.2, 0.25) is 0 Å². The lowest BCUT2D eigenvalue weighted by molar-refractivity contribution is 0.0526. The topological polar surface area (TPSA) is 44.8 Å². The molecule has 0 amide bonds. The van der Waals surface area contributed by atoms with Gasteiger partial charge in [-0.1, -0.05) is 18.2 Å². The van der Waals surface area contributed by atoms with Crippen molar-refractivity contribution < 1.29 is 13.9 Å². The summed E-state index contributed by atoms with van der Waals surface area (Å²) in [5.74, 6) is -0.515. The number of carbonyl (C=O) groups excluding carboxylic acids is 1. The van der Waals surface area contributed by atoms with Crippen LogP contribution in [0.4, 0.5) is 10.1 Å². The first-order valence-electron chi connectivity index (χ1n) is 9.35. The van der Waals surface area contributed by atoms with E-state index in [0.29, 0.717) is 36.1 Å². The standard InChI is InChI=1S/C21H24FN3O2S/c1-2-27-20(26)16-8-10-18(11-9-16)23-21(28)25-13-5-12-24(15-25)14-17-6-3-4-7-19(17)22/h3-4,6-11H,2,5,12-15H2,1H3,(H,23,28). The van der Waals surface area contributed by atoms with E-state index in [4.69, 9.17) is 17.0 Å². The molecule has 0 aromatic heterocycles. The fourth-order valence-electron chi connectivity index (χ4n) is 3.14. The maximum Gasteiger partial charge on any atom is 0.338 e. The number of hydrogen-bond donors (Lipinski definition) is 1. The van der Waals surface area contributed by atoms with Crippen molar-refractivity contribution in [3.63, 3.8) is 0 Å². The quantitative estimate of drug-likeness (QED) is 0.606. The van der Waals surface area contributed by atoms with Gasteiger partial charge in [-0.25, -0.2) is 9.18 Å². The number of ether oxygens (including phenoxy) is 1. The average molecular weight is 402 g/mol. The Morgan fingerprint density at radius 3 is 2.64 bits per heavy atom. The van der Waals surface area contributed by atoms with Crippen molar-refractivity contribution in [3.8, 4) is 0 Å². The molecule has 0 bridgehead atoms. The van der Waals surface area contributed by atoms with E-state index < -0.39 is 0 Å². The first-order chi connectivity index (χ1) is 13.6. The Morgan fingerprint density at radius 2 is 1.93 bits per heavy atom. The van der Waals surface area contributed by atoms with E-state index in [1.54, 1.807) is 37.3 Å². The highest BCUT2D eigenvalue weighted by atomic mass is 32.1. The molecule has 28 heavy (non-hydrogen) atoms. The number of rotatable bonds is 5. The molecule has 1 fully saturated rings. The van der Waals surface area contributed by atoms with Crippen LogP contribution >= 0.6 is 12.2 Å². The third-order valence-electron chi connectivity index (χ3n) is 4.56. The lowest BCUT2D eigenvalue weighted by Gasteiger charge is -2.37. The van der Waals surface area contributed by atoms with Crippen molar-refractivity contribution in [2.24, 2.45) is 0 Å². The minimum absolute atomic E-state index is 0.179. The predicted octanol–water partition coefficient (Wildman–Crippen LogP) is 3.86. The van der Waals surface area contributed by atoms with Crippen molar-refractivity contribution in [2.75, 3.05) is 31.7 Å². The van der Waals surface area contributed by atoms with Gasteiger partial charge in [-0.2, -0.15) is 0 Å². The highest BCUT2D eigenvalue weighted by Gasteiger charge is 2.20. The van der Waals surface area contributed by atoms with Crippen LogP contribution in [0.25, 0.3) is 0 Å². The highest BCUT2D eigenvalue weighted by molar-refractivity contribution is 7.80. The monoisotopic (exact) mass is 401 g/mol. The van der Waals surface area contributed by atoms with Crippen molar-refractivity contribution in [1.29, 1.82) is 0 Å². The summed E-state index contributed by atoms with van der Waals surface area (Å²) in [6, 6.07) is 13.9.